The first-order valence-electron chi connectivity index (χ1n) is 9.69. The van der Waals surface area contributed by atoms with Gasteiger partial charge < -0.3 is 13.7 Å². The van der Waals surface area contributed by atoms with Crippen molar-refractivity contribution in [2.24, 2.45) is 0 Å². The molecule has 0 spiro atoms. The fraction of sp³-hybridized carbons (Fsp3) is 0.217. The molecule has 4 rings (SSSR count). The van der Waals surface area contributed by atoms with Gasteiger partial charge in [-0.2, -0.15) is 0 Å². The van der Waals surface area contributed by atoms with Gasteiger partial charge in [0, 0.05) is 16.9 Å². The number of furan rings is 1. The molecule has 0 fully saturated rings. The van der Waals surface area contributed by atoms with E-state index in [1.54, 1.807) is 42.5 Å². The summed E-state index contributed by atoms with van der Waals surface area (Å²) in [5.74, 6) is -0.456. The summed E-state index contributed by atoms with van der Waals surface area (Å²) in [5, 5.41) is 7.10. The predicted molar refractivity (Wildman–Crippen MR) is 114 cm³/mol. The van der Waals surface area contributed by atoms with E-state index in [1.807, 2.05) is 26.8 Å². The molecule has 3 aromatic heterocycles. The first-order chi connectivity index (χ1) is 14.8. The summed E-state index contributed by atoms with van der Waals surface area (Å²) in [6, 6.07) is 13.9. The number of nitrogens with zero attached hydrogens (tertiary/aromatic N) is 2. The van der Waals surface area contributed by atoms with Crippen molar-refractivity contribution in [1.29, 1.82) is 0 Å². The van der Waals surface area contributed by atoms with E-state index >= 15 is 0 Å². The molecule has 0 aliphatic rings. The number of esters is 1. The Kier molecular flexibility index (Phi) is 5.29. The highest BCUT2D eigenvalue weighted by atomic mass is 16.5. The molecule has 0 saturated heterocycles. The number of para-hydroxylation sites is 1. The minimum Gasteiger partial charge on any atom is -0.463 e. The van der Waals surface area contributed by atoms with E-state index in [0.717, 1.165) is 0 Å². The van der Waals surface area contributed by atoms with E-state index < -0.39 is 18.5 Å². The normalized spacial score (nSPS) is 11.5. The SMILES string of the molecule is CC(C)(C)c1cc(NC(=O)COC(=O)c2cc(-c3ccco3)nc3ccccc23)on1. The van der Waals surface area contributed by atoms with Crippen molar-refractivity contribution in [2.45, 2.75) is 26.2 Å². The van der Waals surface area contributed by atoms with Gasteiger partial charge in [0.15, 0.2) is 12.4 Å². The second kappa shape index (κ2) is 8.06. The molecular weight excluding hydrogens is 398 g/mol. The third kappa shape index (κ3) is 4.48. The highest BCUT2D eigenvalue weighted by Crippen LogP contribution is 2.26. The smallest absolute Gasteiger partial charge is 0.339 e. The summed E-state index contributed by atoms with van der Waals surface area (Å²) in [5.41, 5.74) is 1.89. The van der Waals surface area contributed by atoms with Crippen molar-refractivity contribution >= 4 is 28.7 Å². The van der Waals surface area contributed by atoms with Crippen LogP contribution < -0.4 is 5.32 Å². The summed E-state index contributed by atoms with van der Waals surface area (Å²) in [6.07, 6.45) is 1.53. The molecule has 0 radical (unpaired) electrons. The standard InChI is InChI=1S/C23H21N3O5/c1-23(2,3)19-12-21(31-26-19)25-20(27)13-30-22(28)15-11-17(18-9-6-10-29-18)24-16-8-5-4-7-14(15)16/h4-12H,13H2,1-3H3,(H,25,27). The zero-order chi connectivity index (χ0) is 22.0. The van der Waals surface area contributed by atoms with Crippen LogP contribution in [0, 0.1) is 0 Å². The maximum absolute atomic E-state index is 12.8. The van der Waals surface area contributed by atoms with Crippen molar-refractivity contribution in [1.82, 2.24) is 10.1 Å². The average molecular weight is 419 g/mol. The first-order valence-corrected chi connectivity index (χ1v) is 9.69. The van der Waals surface area contributed by atoms with Crippen LogP contribution in [0.15, 0.2) is 63.7 Å². The maximum atomic E-state index is 12.8. The van der Waals surface area contributed by atoms with Crippen LogP contribution in [0.2, 0.25) is 0 Å². The summed E-state index contributed by atoms with van der Waals surface area (Å²) in [7, 11) is 0. The number of carbonyl (C=O) groups is 2. The van der Waals surface area contributed by atoms with Gasteiger partial charge in [0.05, 0.1) is 23.0 Å². The topological polar surface area (TPSA) is 107 Å². The fourth-order valence-electron chi connectivity index (χ4n) is 2.96. The van der Waals surface area contributed by atoms with Crippen molar-refractivity contribution in [3.63, 3.8) is 0 Å². The minimum atomic E-state index is -0.644. The highest BCUT2D eigenvalue weighted by Gasteiger charge is 2.21. The Hall–Kier alpha value is -3.94. The number of carbonyl (C=O) groups excluding carboxylic acids is 2. The highest BCUT2D eigenvalue weighted by molar-refractivity contribution is 6.05. The number of amides is 1. The van der Waals surface area contributed by atoms with Crippen LogP contribution in [0.3, 0.4) is 0 Å². The van der Waals surface area contributed by atoms with Crippen LogP contribution in [0.25, 0.3) is 22.4 Å². The zero-order valence-corrected chi connectivity index (χ0v) is 17.3. The van der Waals surface area contributed by atoms with E-state index in [4.69, 9.17) is 13.7 Å². The van der Waals surface area contributed by atoms with Crippen LogP contribution in [0.1, 0.15) is 36.8 Å². The summed E-state index contributed by atoms with van der Waals surface area (Å²) in [6.45, 7) is 5.47. The fourth-order valence-corrected chi connectivity index (χ4v) is 2.96. The number of aromatic nitrogens is 2. The molecule has 3 heterocycles. The lowest BCUT2D eigenvalue weighted by Crippen LogP contribution is -2.21. The summed E-state index contributed by atoms with van der Waals surface area (Å²) < 4.78 is 15.8. The number of anilines is 1. The Morgan fingerprint density at radius 2 is 1.90 bits per heavy atom. The molecule has 0 aliphatic heterocycles. The Morgan fingerprint density at radius 3 is 2.61 bits per heavy atom. The molecule has 0 bridgehead atoms. The van der Waals surface area contributed by atoms with Crippen molar-refractivity contribution in [3.8, 4) is 11.5 Å². The summed E-state index contributed by atoms with van der Waals surface area (Å²) >= 11 is 0. The Morgan fingerprint density at radius 1 is 1.10 bits per heavy atom. The molecule has 1 aromatic carbocycles. The van der Waals surface area contributed by atoms with E-state index in [9.17, 15) is 9.59 Å². The Bertz CT molecular complexity index is 1240. The lowest BCUT2D eigenvalue weighted by atomic mass is 9.92. The molecule has 1 N–H and O–H groups in total. The van der Waals surface area contributed by atoms with Crippen molar-refractivity contribution < 1.29 is 23.3 Å². The molecule has 0 unspecified atom stereocenters. The van der Waals surface area contributed by atoms with E-state index in [-0.39, 0.29) is 11.3 Å². The lowest BCUT2D eigenvalue weighted by Gasteiger charge is -2.12. The second-order valence-corrected chi connectivity index (χ2v) is 8.00. The minimum absolute atomic E-state index is 0.195. The molecule has 8 nitrogen and oxygen atoms in total. The van der Waals surface area contributed by atoms with Gasteiger partial charge in [0.2, 0.25) is 5.88 Å². The molecule has 4 aromatic rings. The Labute approximate surface area is 178 Å². The molecule has 8 heteroatoms. The largest absolute Gasteiger partial charge is 0.463 e. The molecular formula is C23H21N3O5. The zero-order valence-electron chi connectivity index (χ0n) is 17.3. The molecule has 0 saturated carbocycles. The van der Waals surface area contributed by atoms with Gasteiger partial charge in [-0.25, -0.2) is 9.78 Å². The second-order valence-electron chi connectivity index (χ2n) is 8.00. The predicted octanol–water partition coefficient (Wildman–Crippen LogP) is 4.58. The van der Waals surface area contributed by atoms with Crippen LogP contribution in [0.4, 0.5) is 5.88 Å². The molecule has 0 aliphatic carbocycles. The van der Waals surface area contributed by atoms with Crippen LogP contribution in [-0.2, 0) is 14.9 Å². The molecule has 158 valence electrons. The van der Waals surface area contributed by atoms with Crippen LogP contribution in [0.5, 0.6) is 0 Å². The van der Waals surface area contributed by atoms with E-state index in [1.165, 1.54) is 6.26 Å². The van der Waals surface area contributed by atoms with Gasteiger partial charge in [-0.1, -0.05) is 44.1 Å². The maximum Gasteiger partial charge on any atom is 0.339 e. The van der Waals surface area contributed by atoms with Crippen LogP contribution in [-0.4, -0.2) is 28.6 Å². The number of hydrogen-bond donors (Lipinski definition) is 1. The lowest BCUT2D eigenvalue weighted by molar-refractivity contribution is -0.119. The van der Waals surface area contributed by atoms with Gasteiger partial charge >= 0.3 is 5.97 Å². The van der Waals surface area contributed by atoms with Crippen LogP contribution >= 0.6 is 0 Å². The van der Waals surface area contributed by atoms with Gasteiger partial charge in [0.1, 0.15) is 5.69 Å². The number of rotatable bonds is 5. The van der Waals surface area contributed by atoms with Gasteiger partial charge in [-0.05, 0) is 24.3 Å². The molecule has 0 atom stereocenters. The van der Waals surface area contributed by atoms with Crippen molar-refractivity contribution in [3.05, 3.63) is 66.1 Å². The van der Waals surface area contributed by atoms with E-state index in [2.05, 4.69) is 15.5 Å². The molecule has 1 amide bonds. The van der Waals surface area contributed by atoms with Gasteiger partial charge in [0.25, 0.3) is 5.91 Å². The van der Waals surface area contributed by atoms with Crippen molar-refractivity contribution in [2.75, 3.05) is 11.9 Å². The average Bonchev–Trinajstić information content (AvgIpc) is 3.43. The summed E-state index contributed by atoms with van der Waals surface area (Å²) in [4.78, 5) is 29.5. The monoisotopic (exact) mass is 419 g/mol. The quantitative estimate of drug-likeness (QED) is 0.472. The first kappa shape index (κ1) is 20.3. The number of hydrogen-bond acceptors (Lipinski definition) is 7. The number of fused-ring (bicyclic) bond motifs is 1. The number of pyridine rings is 1. The number of ether oxygens (including phenoxy) is 1. The number of nitrogens with one attached hydrogen (secondary N) is 1. The third-order valence-corrected chi connectivity index (χ3v) is 4.59. The van der Waals surface area contributed by atoms with Gasteiger partial charge in [-0.3, -0.25) is 10.1 Å². The Balaban J connectivity index is 1.49. The third-order valence-electron chi connectivity index (χ3n) is 4.59. The molecule has 31 heavy (non-hydrogen) atoms. The van der Waals surface area contributed by atoms with Gasteiger partial charge in [-0.15, -0.1) is 0 Å². The number of benzene rings is 1. The van der Waals surface area contributed by atoms with E-state index in [0.29, 0.717) is 33.6 Å².